The Bertz CT molecular complexity index is 1530. The highest BCUT2D eigenvalue weighted by Crippen LogP contribution is 2.39. The predicted molar refractivity (Wildman–Crippen MR) is 195 cm³/mol. The largest absolute Gasteiger partial charge is 0.506 e. The van der Waals surface area contributed by atoms with Crippen LogP contribution in [0.4, 0.5) is 0 Å². The molecule has 0 heterocycles. The van der Waals surface area contributed by atoms with E-state index in [-0.39, 0.29) is 0 Å². The lowest BCUT2D eigenvalue weighted by Gasteiger charge is -2.42. The zero-order chi connectivity index (χ0) is 33.4. The highest BCUT2D eigenvalue weighted by molar-refractivity contribution is 7.01. The fourth-order valence-electron chi connectivity index (χ4n) is 6.43. The topological polar surface area (TPSA) is 52.6 Å². The van der Waals surface area contributed by atoms with Crippen LogP contribution in [0.2, 0.25) is 10.1 Å². The van der Waals surface area contributed by atoms with Crippen molar-refractivity contribution in [2.75, 3.05) is 0 Å². The van der Waals surface area contributed by atoms with Crippen LogP contribution in [0.1, 0.15) is 67.7 Å². The Labute approximate surface area is 277 Å². The molecule has 0 N–H and O–H groups in total. The van der Waals surface area contributed by atoms with Gasteiger partial charge in [0, 0.05) is 11.6 Å². The summed E-state index contributed by atoms with van der Waals surface area (Å²) in [6.07, 6.45) is 3.44. The molecule has 240 valence electrons. The van der Waals surface area contributed by atoms with Crippen molar-refractivity contribution in [1.82, 2.24) is 0 Å². The maximum atomic E-state index is 14.4. The minimum Gasteiger partial charge on any atom is -0.506 e. The van der Waals surface area contributed by atoms with E-state index in [0.717, 1.165) is 33.6 Å². The first-order chi connectivity index (χ1) is 21.9. The number of unbranched alkanes of at least 4 members (excludes halogenated alkanes) is 1. The molecule has 0 aromatic heterocycles. The zero-order valence-corrected chi connectivity index (χ0v) is 30.4. The lowest BCUT2D eigenvalue weighted by molar-refractivity contribution is -0.133. The van der Waals surface area contributed by atoms with Crippen LogP contribution in [-0.2, 0) is 18.4 Å². The second kappa shape index (κ2) is 14.6. The molecule has 4 nitrogen and oxygen atoms in total. The Hall–Kier alpha value is -4.01. The molecule has 0 unspecified atom stereocenters. The third kappa shape index (κ3) is 7.19. The lowest BCUT2D eigenvalue weighted by Crippen LogP contribution is -2.67. The predicted octanol–water partition coefficient (Wildman–Crippen LogP) is 7.31. The van der Waals surface area contributed by atoms with Gasteiger partial charge in [0.15, 0.2) is 0 Å². The average Bonchev–Trinajstić information content (AvgIpc) is 3.04. The van der Waals surface area contributed by atoms with Gasteiger partial charge in [-0.3, -0.25) is 0 Å². The molecule has 0 radical (unpaired) electrons. The number of carbonyl (C=O) groups is 2. The van der Waals surface area contributed by atoms with E-state index < -0.39 is 38.6 Å². The van der Waals surface area contributed by atoms with E-state index in [1.807, 2.05) is 72.8 Å². The Kier molecular flexibility index (Phi) is 11.1. The van der Waals surface area contributed by atoms with Gasteiger partial charge in [-0.25, -0.2) is 9.59 Å². The molecule has 6 heteroatoms. The minimum absolute atomic E-state index is 0.345. The van der Waals surface area contributed by atoms with E-state index in [0.29, 0.717) is 12.0 Å². The van der Waals surface area contributed by atoms with Crippen molar-refractivity contribution in [1.29, 1.82) is 0 Å². The molecular weight excluding hydrogens is 601 g/mol. The SMILES string of the molecule is CCCC/C(=C/C(=O)O[Si](c1ccccc1)(c1ccccc1)C(C)(C)C)C(=O)O[Si](c1ccccc1)(c1ccccc1)C(C)(C)C. The van der Waals surface area contributed by atoms with Gasteiger partial charge < -0.3 is 8.85 Å². The number of rotatable bonds is 11. The molecule has 0 aliphatic rings. The number of carbonyl (C=O) groups excluding carboxylic acids is 2. The summed E-state index contributed by atoms with van der Waals surface area (Å²) in [7, 11) is -6.35. The molecule has 0 bridgehead atoms. The van der Waals surface area contributed by atoms with Gasteiger partial charge in [0.2, 0.25) is 0 Å². The number of hydrogen-bond donors (Lipinski definition) is 0. The number of hydrogen-bond acceptors (Lipinski definition) is 4. The Balaban J connectivity index is 1.83. The average molecular weight is 649 g/mol. The molecule has 0 aliphatic heterocycles. The molecule has 0 spiro atoms. The van der Waals surface area contributed by atoms with Crippen LogP contribution in [0.15, 0.2) is 133 Å². The molecule has 0 aliphatic carbocycles. The van der Waals surface area contributed by atoms with E-state index in [9.17, 15) is 9.59 Å². The van der Waals surface area contributed by atoms with E-state index in [1.165, 1.54) is 6.08 Å². The first-order valence-electron chi connectivity index (χ1n) is 16.3. The Morgan fingerprint density at radius 2 is 0.891 bits per heavy atom. The quantitative estimate of drug-likeness (QED) is 0.126. The van der Waals surface area contributed by atoms with Crippen molar-refractivity contribution < 1.29 is 18.4 Å². The first kappa shape index (κ1) is 34.9. The fraction of sp³-hybridized carbons (Fsp3) is 0.300. The summed E-state index contributed by atoms with van der Waals surface area (Å²) < 4.78 is 13.6. The van der Waals surface area contributed by atoms with Crippen LogP contribution in [-0.4, -0.2) is 28.6 Å². The fourth-order valence-corrected chi connectivity index (χ4v) is 15.1. The molecule has 0 saturated carbocycles. The Morgan fingerprint density at radius 1 is 0.565 bits per heavy atom. The highest BCUT2D eigenvalue weighted by Gasteiger charge is 2.54. The zero-order valence-electron chi connectivity index (χ0n) is 28.4. The molecule has 0 fully saturated rings. The summed E-state index contributed by atoms with van der Waals surface area (Å²) >= 11 is 0. The second-order valence-electron chi connectivity index (χ2n) is 13.9. The molecule has 46 heavy (non-hydrogen) atoms. The molecule has 0 saturated heterocycles. The van der Waals surface area contributed by atoms with Gasteiger partial charge >= 0.3 is 28.6 Å². The van der Waals surface area contributed by atoms with Crippen LogP contribution < -0.4 is 20.7 Å². The standard InChI is InChI=1S/C40H48O4Si2/c1-8-9-22-32(38(42)44-46(40(5,6)7,35-27-18-12-19-28-35)36-29-20-13-21-30-36)31-37(41)43-45(39(2,3)4,33-23-14-10-15-24-33)34-25-16-11-17-26-34/h10-21,23-31H,8-9,22H2,1-7H3/b32-31-. The van der Waals surface area contributed by atoms with Gasteiger partial charge in [0.1, 0.15) is 0 Å². The smallest absolute Gasteiger partial charge is 0.324 e. The van der Waals surface area contributed by atoms with Gasteiger partial charge in [-0.05, 0) is 43.7 Å². The summed E-state index contributed by atoms with van der Waals surface area (Å²) in [5, 5.41) is 3.23. The molecule has 4 rings (SSSR count). The molecule has 4 aromatic carbocycles. The normalized spacial score (nSPS) is 12.8. The van der Waals surface area contributed by atoms with Gasteiger partial charge in [-0.15, -0.1) is 0 Å². The summed E-state index contributed by atoms with van der Waals surface area (Å²) in [6, 6.07) is 40.3. The van der Waals surface area contributed by atoms with Gasteiger partial charge in [0.25, 0.3) is 0 Å². The third-order valence-corrected chi connectivity index (χ3v) is 18.5. The van der Waals surface area contributed by atoms with Crippen LogP contribution in [0, 0.1) is 0 Å². The van der Waals surface area contributed by atoms with Gasteiger partial charge in [-0.2, -0.15) is 0 Å². The van der Waals surface area contributed by atoms with E-state index >= 15 is 0 Å². The second-order valence-corrected chi connectivity index (χ2v) is 22.4. The van der Waals surface area contributed by atoms with Crippen molar-refractivity contribution >= 4 is 49.3 Å². The summed E-state index contributed by atoms with van der Waals surface area (Å²) in [5.74, 6) is -0.970. The van der Waals surface area contributed by atoms with Gasteiger partial charge in [0.05, 0.1) is 0 Å². The van der Waals surface area contributed by atoms with Crippen LogP contribution in [0.5, 0.6) is 0 Å². The molecular formula is C40H48O4Si2. The highest BCUT2D eigenvalue weighted by atomic mass is 28.4. The van der Waals surface area contributed by atoms with E-state index in [1.54, 1.807) is 0 Å². The molecule has 0 atom stereocenters. The summed E-state index contributed by atoms with van der Waals surface area (Å²) in [6.45, 7) is 14.9. The monoisotopic (exact) mass is 648 g/mol. The van der Waals surface area contributed by atoms with Crippen molar-refractivity contribution in [3.05, 3.63) is 133 Å². The third-order valence-electron chi connectivity index (χ3n) is 8.69. The van der Waals surface area contributed by atoms with Crippen molar-refractivity contribution in [3.8, 4) is 0 Å². The van der Waals surface area contributed by atoms with E-state index in [2.05, 4.69) is 97.0 Å². The van der Waals surface area contributed by atoms with Crippen LogP contribution in [0.25, 0.3) is 0 Å². The maximum absolute atomic E-state index is 14.4. The molecule has 4 aromatic rings. The van der Waals surface area contributed by atoms with Crippen LogP contribution in [0.3, 0.4) is 0 Å². The van der Waals surface area contributed by atoms with Crippen molar-refractivity contribution in [2.24, 2.45) is 0 Å². The number of benzene rings is 4. The van der Waals surface area contributed by atoms with Crippen LogP contribution >= 0.6 is 0 Å². The lowest BCUT2D eigenvalue weighted by atomic mass is 10.1. The summed E-state index contributed by atoms with van der Waals surface area (Å²) in [5.41, 5.74) is 0.345. The Morgan fingerprint density at radius 3 is 1.20 bits per heavy atom. The first-order valence-corrected chi connectivity index (χ1v) is 20.1. The van der Waals surface area contributed by atoms with Crippen molar-refractivity contribution in [3.63, 3.8) is 0 Å². The minimum atomic E-state index is -3.18. The van der Waals surface area contributed by atoms with Gasteiger partial charge in [-0.1, -0.05) is 176 Å². The maximum Gasteiger partial charge on any atom is 0.324 e. The summed E-state index contributed by atoms with van der Waals surface area (Å²) in [4.78, 5) is 28.6. The van der Waals surface area contributed by atoms with E-state index in [4.69, 9.17) is 8.85 Å². The van der Waals surface area contributed by atoms with Crippen molar-refractivity contribution in [2.45, 2.75) is 77.8 Å². The molecule has 0 amide bonds.